The minimum atomic E-state index is 0.260. The number of carbonyl (C=O) groups is 1. The monoisotopic (exact) mass is 234 g/mol. The van der Waals surface area contributed by atoms with Crippen LogP contribution in [0, 0.1) is 0 Å². The number of aromatic nitrogens is 1. The van der Waals surface area contributed by atoms with Crippen LogP contribution in [0.2, 0.25) is 0 Å². The molecule has 1 aliphatic rings. The van der Waals surface area contributed by atoms with Crippen LogP contribution in [-0.2, 0) is 4.79 Å². The van der Waals surface area contributed by atoms with E-state index in [1.165, 1.54) is 0 Å². The predicted octanol–water partition coefficient (Wildman–Crippen LogP) is 1.91. The van der Waals surface area contributed by atoms with Gasteiger partial charge in [0, 0.05) is 18.4 Å². The van der Waals surface area contributed by atoms with E-state index in [1.54, 1.807) is 12.4 Å². The molecule has 4 heteroatoms. The highest BCUT2D eigenvalue weighted by molar-refractivity contribution is 5.46. The second kappa shape index (κ2) is 6.23. The van der Waals surface area contributed by atoms with E-state index < -0.39 is 0 Å². The average Bonchev–Trinajstić information content (AvgIpc) is 2.57. The Morgan fingerprint density at radius 1 is 1.24 bits per heavy atom. The van der Waals surface area contributed by atoms with Gasteiger partial charge in [0.1, 0.15) is 5.75 Å². The highest BCUT2D eigenvalue weighted by atomic mass is 16.5. The van der Waals surface area contributed by atoms with E-state index in [1.807, 2.05) is 12.1 Å². The van der Waals surface area contributed by atoms with Gasteiger partial charge in [0.15, 0.2) is 0 Å². The van der Waals surface area contributed by atoms with E-state index in [2.05, 4.69) is 10.3 Å². The Bertz CT molecular complexity index is 343. The molecule has 1 saturated carbocycles. The number of pyridine rings is 1. The van der Waals surface area contributed by atoms with Crippen LogP contribution in [0.3, 0.4) is 0 Å². The Labute approximate surface area is 101 Å². The van der Waals surface area contributed by atoms with Crippen molar-refractivity contribution in [3.63, 3.8) is 0 Å². The molecule has 0 radical (unpaired) electrons. The molecule has 1 aliphatic carbocycles. The molecule has 0 aromatic carbocycles. The van der Waals surface area contributed by atoms with Crippen molar-refractivity contribution in [2.75, 3.05) is 0 Å². The first-order chi connectivity index (χ1) is 8.38. The van der Waals surface area contributed by atoms with Crippen LogP contribution >= 0.6 is 0 Å². The van der Waals surface area contributed by atoms with Gasteiger partial charge in [0.25, 0.3) is 0 Å². The summed E-state index contributed by atoms with van der Waals surface area (Å²) in [6.07, 6.45) is 9.73. The topological polar surface area (TPSA) is 51.2 Å². The molecule has 0 spiro atoms. The quantitative estimate of drug-likeness (QED) is 0.639. The van der Waals surface area contributed by atoms with Crippen LogP contribution in [0.15, 0.2) is 24.5 Å². The van der Waals surface area contributed by atoms with Gasteiger partial charge < -0.3 is 10.1 Å². The molecule has 1 fully saturated rings. The average molecular weight is 234 g/mol. The first kappa shape index (κ1) is 11.9. The molecule has 1 aromatic rings. The van der Waals surface area contributed by atoms with Gasteiger partial charge in [0.2, 0.25) is 6.41 Å². The van der Waals surface area contributed by atoms with Crippen molar-refractivity contribution in [3.05, 3.63) is 24.5 Å². The standard InChI is InChI=1S/C13H18N2O2/c16-10-15-11-2-1-3-12(5-4-11)17-13-6-8-14-9-7-13/h6-12H,1-5H2,(H,15,16)/t11?,12-/m1/s1. The summed E-state index contributed by atoms with van der Waals surface area (Å²) >= 11 is 0. The van der Waals surface area contributed by atoms with Crippen LogP contribution in [0.1, 0.15) is 32.1 Å². The summed E-state index contributed by atoms with van der Waals surface area (Å²) in [4.78, 5) is 14.4. The maximum Gasteiger partial charge on any atom is 0.207 e. The summed E-state index contributed by atoms with van der Waals surface area (Å²) in [6.45, 7) is 0. The van der Waals surface area contributed by atoms with Gasteiger partial charge in [-0.1, -0.05) is 0 Å². The van der Waals surface area contributed by atoms with Crippen molar-refractivity contribution < 1.29 is 9.53 Å². The highest BCUT2D eigenvalue weighted by Crippen LogP contribution is 2.22. The Kier molecular flexibility index (Phi) is 4.36. The van der Waals surface area contributed by atoms with E-state index >= 15 is 0 Å². The molecular formula is C13H18N2O2. The molecular weight excluding hydrogens is 216 g/mol. The lowest BCUT2D eigenvalue weighted by atomic mass is 10.1. The van der Waals surface area contributed by atoms with Crippen LogP contribution in [0.25, 0.3) is 0 Å². The summed E-state index contributed by atoms with van der Waals surface area (Å²) in [5, 5.41) is 2.86. The Hall–Kier alpha value is -1.58. The van der Waals surface area contributed by atoms with Crippen molar-refractivity contribution in [1.29, 1.82) is 0 Å². The van der Waals surface area contributed by atoms with E-state index in [0.717, 1.165) is 44.3 Å². The van der Waals surface area contributed by atoms with Crippen LogP contribution in [0.4, 0.5) is 0 Å². The fraction of sp³-hybridized carbons (Fsp3) is 0.538. The molecule has 92 valence electrons. The van der Waals surface area contributed by atoms with Gasteiger partial charge in [-0.25, -0.2) is 0 Å². The number of hydrogen-bond donors (Lipinski definition) is 1. The molecule has 1 N–H and O–H groups in total. The summed E-state index contributed by atoms with van der Waals surface area (Å²) in [7, 11) is 0. The maximum atomic E-state index is 10.4. The largest absolute Gasteiger partial charge is 0.490 e. The molecule has 1 amide bonds. The molecule has 17 heavy (non-hydrogen) atoms. The third-order valence-corrected chi connectivity index (χ3v) is 3.17. The molecule has 1 unspecified atom stereocenters. The summed E-state index contributed by atoms with van der Waals surface area (Å²) < 4.78 is 5.91. The van der Waals surface area contributed by atoms with Crippen molar-refractivity contribution in [2.24, 2.45) is 0 Å². The van der Waals surface area contributed by atoms with Crippen molar-refractivity contribution in [2.45, 2.75) is 44.2 Å². The SMILES string of the molecule is O=CNC1CCC[C@@H](Oc2ccncc2)CC1. The lowest BCUT2D eigenvalue weighted by Gasteiger charge is -2.17. The van der Waals surface area contributed by atoms with Gasteiger partial charge in [-0.3, -0.25) is 9.78 Å². The predicted molar refractivity (Wildman–Crippen MR) is 64.7 cm³/mol. The highest BCUT2D eigenvalue weighted by Gasteiger charge is 2.19. The van der Waals surface area contributed by atoms with Crippen molar-refractivity contribution in [3.8, 4) is 5.75 Å². The zero-order valence-electron chi connectivity index (χ0n) is 9.84. The fourth-order valence-electron chi connectivity index (χ4n) is 2.26. The zero-order chi connectivity index (χ0) is 11.9. The first-order valence-electron chi connectivity index (χ1n) is 6.15. The second-order valence-electron chi connectivity index (χ2n) is 4.41. The number of hydrogen-bond acceptors (Lipinski definition) is 3. The maximum absolute atomic E-state index is 10.4. The first-order valence-corrected chi connectivity index (χ1v) is 6.15. The van der Waals surface area contributed by atoms with E-state index in [0.29, 0.717) is 6.04 Å². The minimum Gasteiger partial charge on any atom is -0.490 e. The molecule has 0 bridgehead atoms. The third-order valence-electron chi connectivity index (χ3n) is 3.17. The van der Waals surface area contributed by atoms with E-state index in [9.17, 15) is 4.79 Å². The normalized spacial score (nSPS) is 24.7. The number of nitrogens with one attached hydrogen (secondary N) is 1. The number of amides is 1. The second-order valence-corrected chi connectivity index (χ2v) is 4.41. The van der Waals surface area contributed by atoms with Gasteiger partial charge in [-0.05, 0) is 44.2 Å². The fourth-order valence-corrected chi connectivity index (χ4v) is 2.26. The van der Waals surface area contributed by atoms with Crippen LogP contribution in [-0.4, -0.2) is 23.5 Å². The van der Waals surface area contributed by atoms with Gasteiger partial charge >= 0.3 is 0 Å². The smallest absolute Gasteiger partial charge is 0.207 e. The summed E-state index contributed by atoms with van der Waals surface area (Å²) in [5.74, 6) is 0.881. The third kappa shape index (κ3) is 3.73. The lowest BCUT2D eigenvalue weighted by molar-refractivity contribution is -0.110. The molecule has 4 nitrogen and oxygen atoms in total. The van der Waals surface area contributed by atoms with Gasteiger partial charge in [0.05, 0.1) is 6.10 Å². The van der Waals surface area contributed by atoms with Gasteiger partial charge in [-0.2, -0.15) is 0 Å². The number of carbonyl (C=O) groups excluding carboxylic acids is 1. The minimum absolute atomic E-state index is 0.260. The van der Waals surface area contributed by atoms with E-state index in [-0.39, 0.29) is 6.10 Å². The zero-order valence-corrected chi connectivity index (χ0v) is 9.84. The van der Waals surface area contributed by atoms with E-state index in [4.69, 9.17) is 4.74 Å². The van der Waals surface area contributed by atoms with Gasteiger partial charge in [-0.15, -0.1) is 0 Å². The van der Waals surface area contributed by atoms with Crippen molar-refractivity contribution in [1.82, 2.24) is 10.3 Å². The lowest BCUT2D eigenvalue weighted by Crippen LogP contribution is -2.27. The number of nitrogens with zero attached hydrogens (tertiary/aromatic N) is 1. The molecule has 0 saturated heterocycles. The number of rotatable bonds is 4. The molecule has 1 heterocycles. The number of ether oxygens (including phenoxy) is 1. The molecule has 2 atom stereocenters. The van der Waals surface area contributed by atoms with Crippen LogP contribution in [0.5, 0.6) is 5.75 Å². The Morgan fingerprint density at radius 2 is 2.06 bits per heavy atom. The van der Waals surface area contributed by atoms with Crippen molar-refractivity contribution >= 4 is 6.41 Å². The Balaban J connectivity index is 1.84. The van der Waals surface area contributed by atoms with Crippen LogP contribution < -0.4 is 10.1 Å². The Morgan fingerprint density at radius 3 is 2.82 bits per heavy atom. The summed E-state index contributed by atoms with van der Waals surface area (Å²) in [6, 6.07) is 4.08. The molecule has 2 rings (SSSR count). The molecule has 0 aliphatic heterocycles. The summed E-state index contributed by atoms with van der Waals surface area (Å²) in [5.41, 5.74) is 0. The molecule has 1 aromatic heterocycles.